The topological polar surface area (TPSA) is 90.8 Å². The van der Waals surface area contributed by atoms with Gasteiger partial charge < -0.3 is 9.80 Å². The molecule has 1 aliphatic carbocycles. The van der Waals surface area contributed by atoms with Gasteiger partial charge in [-0.25, -0.2) is 9.50 Å². The maximum Gasteiger partial charge on any atom is 0.277 e. The number of carbonyl (C=O) groups excluding carboxylic acids is 2. The SMILES string of the molecule is CCCC(=O)N1CCCC[C@@H]1c1cc2nc3c(c(=O)n2[nH]1)CN(C(=O)C1CCC1)CC3. The largest absolute Gasteiger partial charge is 0.337 e. The predicted octanol–water partition coefficient (Wildman–Crippen LogP) is 2.56. The summed E-state index contributed by atoms with van der Waals surface area (Å²) in [5, 5.41) is 3.24. The van der Waals surface area contributed by atoms with E-state index >= 15 is 0 Å². The molecule has 0 unspecified atom stereocenters. The highest BCUT2D eigenvalue weighted by molar-refractivity contribution is 5.80. The summed E-state index contributed by atoms with van der Waals surface area (Å²) in [6.45, 7) is 3.76. The summed E-state index contributed by atoms with van der Waals surface area (Å²) in [7, 11) is 0. The number of piperidine rings is 1. The number of fused-ring (bicyclic) bond motifs is 2. The van der Waals surface area contributed by atoms with Crippen LogP contribution in [0, 0.1) is 5.92 Å². The monoisotopic (exact) mass is 425 g/mol. The summed E-state index contributed by atoms with van der Waals surface area (Å²) in [5.74, 6) is 0.493. The maximum absolute atomic E-state index is 13.3. The quantitative estimate of drug-likeness (QED) is 0.815. The van der Waals surface area contributed by atoms with Crippen LogP contribution in [0.2, 0.25) is 0 Å². The fourth-order valence-corrected chi connectivity index (χ4v) is 5.18. The van der Waals surface area contributed by atoms with Crippen molar-refractivity contribution < 1.29 is 9.59 Å². The van der Waals surface area contributed by atoms with Crippen LogP contribution >= 0.6 is 0 Å². The first-order valence-corrected chi connectivity index (χ1v) is 11.8. The van der Waals surface area contributed by atoms with Crippen LogP contribution in [0.4, 0.5) is 0 Å². The number of rotatable bonds is 4. The van der Waals surface area contributed by atoms with Crippen molar-refractivity contribution in [1.29, 1.82) is 0 Å². The van der Waals surface area contributed by atoms with Crippen molar-refractivity contribution in [3.63, 3.8) is 0 Å². The van der Waals surface area contributed by atoms with Crippen molar-refractivity contribution in [3.05, 3.63) is 33.4 Å². The highest BCUT2D eigenvalue weighted by Crippen LogP contribution is 2.32. The summed E-state index contributed by atoms with van der Waals surface area (Å²) < 4.78 is 1.50. The third-order valence-corrected chi connectivity index (χ3v) is 7.19. The zero-order valence-corrected chi connectivity index (χ0v) is 18.2. The molecule has 166 valence electrons. The number of H-pyrrole nitrogens is 1. The smallest absolute Gasteiger partial charge is 0.277 e. The van der Waals surface area contributed by atoms with Gasteiger partial charge in [0.15, 0.2) is 5.65 Å². The minimum atomic E-state index is -0.125. The van der Waals surface area contributed by atoms with E-state index in [2.05, 4.69) is 5.10 Å². The first-order valence-electron chi connectivity index (χ1n) is 11.8. The first kappa shape index (κ1) is 20.3. The number of likely N-dealkylation sites (tertiary alicyclic amines) is 1. The van der Waals surface area contributed by atoms with Gasteiger partial charge in [-0.2, -0.15) is 0 Å². The first-order chi connectivity index (χ1) is 15.1. The zero-order valence-electron chi connectivity index (χ0n) is 18.2. The predicted molar refractivity (Wildman–Crippen MR) is 115 cm³/mol. The van der Waals surface area contributed by atoms with Gasteiger partial charge in [0.05, 0.1) is 29.5 Å². The van der Waals surface area contributed by atoms with Crippen LogP contribution in [-0.2, 0) is 22.6 Å². The molecule has 8 heteroatoms. The zero-order chi connectivity index (χ0) is 21.5. The van der Waals surface area contributed by atoms with E-state index in [1.165, 1.54) is 4.52 Å². The Morgan fingerprint density at radius 3 is 2.74 bits per heavy atom. The molecule has 8 nitrogen and oxygen atoms in total. The van der Waals surface area contributed by atoms with Gasteiger partial charge in [-0.3, -0.25) is 19.5 Å². The van der Waals surface area contributed by atoms with Crippen molar-refractivity contribution in [3.8, 4) is 0 Å². The van der Waals surface area contributed by atoms with Gasteiger partial charge in [0.2, 0.25) is 11.8 Å². The fourth-order valence-electron chi connectivity index (χ4n) is 5.18. The van der Waals surface area contributed by atoms with E-state index in [9.17, 15) is 14.4 Å². The van der Waals surface area contributed by atoms with E-state index < -0.39 is 0 Å². The Labute approximate surface area is 181 Å². The average Bonchev–Trinajstić information content (AvgIpc) is 3.17. The molecule has 0 radical (unpaired) electrons. The number of hydrogen-bond donors (Lipinski definition) is 1. The lowest BCUT2D eigenvalue weighted by molar-refractivity contribution is -0.139. The summed E-state index contributed by atoms with van der Waals surface area (Å²) in [6, 6.07) is 1.89. The Morgan fingerprint density at radius 1 is 1.16 bits per heavy atom. The Kier molecular flexibility index (Phi) is 5.32. The van der Waals surface area contributed by atoms with E-state index in [0.29, 0.717) is 37.1 Å². The van der Waals surface area contributed by atoms with E-state index in [1.807, 2.05) is 22.8 Å². The van der Waals surface area contributed by atoms with Crippen molar-refractivity contribution in [2.75, 3.05) is 13.1 Å². The molecule has 3 aliphatic rings. The number of nitrogens with zero attached hydrogens (tertiary/aromatic N) is 4. The van der Waals surface area contributed by atoms with Crippen molar-refractivity contribution >= 4 is 17.5 Å². The lowest BCUT2D eigenvalue weighted by Crippen LogP contribution is -2.44. The third-order valence-electron chi connectivity index (χ3n) is 7.19. The molecule has 1 saturated carbocycles. The molecule has 0 spiro atoms. The van der Waals surface area contributed by atoms with Gasteiger partial charge in [0.1, 0.15) is 0 Å². The van der Waals surface area contributed by atoms with Gasteiger partial charge in [-0.05, 0) is 38.5 Å². The second-order valence-electron chi connectivity index (χ2n) is 9.23. The molecule has 0 bridgehead atoms. The van der Waals surface area contributed by atoms with Crippen LogP contribution in [0.15, 0.2) is 10.9 Å². The normalized spacial score (nSPS) is 21.8. The molecule has 1 atom stereocenters. The van der Waals surface area contributed by atoms with Gasteiger partial charge in [0, 0.05) is 37.9 Å². The maximum atomic E-state index is 13.3. The minimum Gasteiger partial charge on any atom is -0.337 e. The molecule has 5 rings (SSSR count). The van der Waals surface area contributed by atoms with Crippen LogP contribution < -0.4 is 5.56 Å². The highest BCUT2D eigenvalue weighted by atomic mass is 16.2. The summed E-state index contributed by atoms with van der Waals surface area (Å²) in [4.78, 5) is 47.2. The number of carbonyl (C=O) groups is 2. The van der Waals surface area contributed by atoms with E-state index in [1.54, 1.807) is 0 Å². The van der Waals surface area contributed by atoms with Crippen LogP contribution in [0.25, 0.3) is 5.65 Å². The number of nitrogens with one attached hydrogen (secondary N) is 1. The number of aromatic nitrogens is 3. The average molecular weight is 426 g/mol. The molecule has 31 heavy (non-hydrogen) atoms. The molecule has 4 heterocycles. The lowest BCUT2D eigenvalue weighted by Gasteiger charge is -2.35. The molecule has 0 aromatic carbocycles. The number of aromatic amines is 1. The van der Waals surface area contributed by atoms with Gasteiger partial charge in [-0.1, -0.05) is 13.3 Å². The van der Waals surface area contributed by atoms with Crippen molar-refractivity contribution in [1.82, 2.24) is 24.4 Å². The minimum absolute atomic E-state index is 0.0392. The van der Waals surface area contributed by atoms with Gasteiger partial charge in [-0.15, -0.1) is 0 Å². The van der Waals surface area contributed by atoms with Gasteiger partial charge in [0.25, 0.3) is 5.56 Å². The van der Waals surface area contributed by atoms with E-state index in [4.69, 9.17) is 4.98 Å². The highest BCUT2D eigenvalue weighted by Gasteiger charge is 2.33. The second-order valence-corrected chi connectivity index (χ2v) is 9.23. The molecule has 1 saturated heterocycles. The fraction of sp³-hybridized carbons (Fsp3) is 0.652. The van der Waals surface area contributed by atoms with Crippen molar-refractivity contribution in [2.45, 2.75) is 77.3 Å². The van der Waals surface area contributed by atoms with E-state index in [0.717, 1.165) is 62.9 Å². The Balaban J connectivity index is 1.45. The Bertz CT molecular complexity index is 1070. The molecular formula is C23H31N5O3. The molecule has 2 fully saturated rings. The number of hydrogen-bond acceptors (Lipinski definition) is 4. The van der Waals surface area contributed by atoms with Crippen LogP contribution in [0.5, 0.6) is 0 Å². The van der Waals surface area contributed by atoms with Gasteiger partial charge >= 0.3 is 0 Å². The standard InChI is InChI=1S/C23H31N5O3/c1-2-6-21(29)27-11-4-3-9-19(27)18-13-20-24-17-10-12-26(22(30)15-7-5-8-15)14-16(17)23(31)28(20)25-18/h13,15,19,25H,2-12,14H2,1H3/t19-/m1/s1. The second kappa shape index (κ2) is 8.13. The Morgan fingerprint density at radius 2 is 2.00 bits per heavy atom. The summed E-state index contributed by atoms with van der Waals surface area (Å²) in [6.07, 6.45) is 8.02. The van der Waals surface area contributed by atoms with Crippen molar-refractivity contribution in [2.24, 2.45) is 5.92 Å². The van der Waals surface area contributed by atoms with Crippen LogP contribution in [-0.4, -0.2) is 49.3 Å². The lowest BCUT2D eigenvalue weighted by atomic mass is 9.84. The molecule has 2 aromatic rings. The summed E-state index contributed by atoms with van der Waals surface area (Å²) in [5.41, 5.74) is 2.77. The molecule has 2 aliphatic heterocycles. The molecule has 2 amide bonds. The third kappa shape index (κ3) is 3.55. The van der Waals surface area contributed by atoms with Crippen LogP contribution in [0.1, 0.15) is 81.3 Å². The summed E-state index contributed by atoms with van der Waals surface area (Å²) >= 11 is 0. The number of amides is 2. The van der Waals surface area contributed by atoms with E-state index in [-0.39, 0.29) is 29.3 Å². The molecule has 1 N–H and O–H groups in total. The Hall–Kier alpha value is -2.64. The molecular weight excluding hydrogens is 394 g/mol. The molecule has 2 aromatic heterocycles. The van der Waals surface area contributed by atoms with Crippen LogP contribution in [0.3, 0.4) is 0 Å².